The Bertz CT molecular complexity index is 3220. The van der Waals surface area contributed by atoms with Crippen molar-refractivity contribution in [1.29, 1.82) is 0 Å². The van der Waals surface area contributed by atoms with E-state index in [4.69, 9.17) is 9.97 Å². The van der Waals surface area contributed by atoms with Crippen LogP contribution in [0.15, 0.2) is 182 Å². The van der Waals surface area contributed by atoms with Gasteiger partial charge in [0.1, 0.15) is 0 Å². The van der Waals surface area contributed by atoms with E-state index in [9.17, 15) is 26.3 Å². The van der Waals surface area contributed by atoms with Gasteiger partial charge in [-0.25, -0.2) is 4.98 Å². The summed E-state index contributed by atoms with van der Waals surface area (Å²) in [5, 5.41) is 2.04. The fourth-order valence-electron chi connectivity index (χ4n) is 9.29. The van der Waals surface area contributed by atoms with Gasteiger partial charge in [-0.3, -0.25) is 4.90 Å². The maximum Gasteiger partial charge on any atom is 0.416 e. The van der Waals surface area contributed by atoms with E-state index in [0.717, 1.165) is 80.3 Å². The number of nitrogens with zero attached hydrogens (tertiary/aromatic N) is 6. The Hall–Kier alpha value is -7.99. The topological polar surface area (TPSA) is 48.4 Å². The quantitative estimate of drug-likeness (QED) is 0.161. The predicted molar refractivity (Wildman–Crippen MR) is 248 cm³/mol. The highest BCUT2D eigenvalue weighted by Crippen LogP contribution is 2.58. The number of para-hydroxylation sites is 4. The summed E-state index contributed by atoms with van der Waals surface area (Å²) in [5.74, 6) is 0.157. The molecule has 0 N–H and O–H groups in total. The van der Waals surface area contributed by atoms with Gasteiger partial charge >= 0.3 is 12.4 Å². The first-order valence-electron chi connectivity index (χ1n) is 21.2. The fourth-order valence-corrected chi connectivity index (χ4v) is 9.29. The monoisotopic (exact) mass is 882 g/mol. The van der Waals surface area contributed by atoms with Crippen LogP contribution >= 0.6 is 0 Å². The molecule has 0 atom stereocenters. The number of benzene rings is 8. The third-order valence-electron chi connectivity index (χ3n) is 12.5. The summed E-state index contributed by atoms with van der Waals surface area (Å²) in [5.41, 5.74) is 7.54. The molecule has 0 unspecified atom stereocenters. The molecule has 0 radical (unpaired) electrons. The van der Waals surface area contributed by atoms with Crippen LogP contribution in [-0.4, -0.2) is 15.0 Å². The zero-order chi connectivity index (χ0) is 45.5. The lowest BCUT2D eigenvalue weighted by molar-refractivity contribution is -0.138. The molecule has 0 bridgehead atoms. The van der Waals surface area contributed by atoms with Crippen LogP contribution in [0, 0.1) is 0 Å². The standard InChI is InChI=1S/C54H36F6N6/c1-52(2)40-15-5-7-17-43(40)64(44-18-8-6-16-41(44)52)38-30-31-47-48(32-38)65(42-21-11-13-33-12-3-4-14-39(33)42)45-19-9-10-20-46(45)66(47)51-62-49(34-22-26-36(27-23-34)53(55,56)57)61-50(63-51)35-24-28-37(29-25-35)54(58,59)60/h3-32H,1-2H3. The lowest BCUT2D eigenvalue weighted by atomic mass is 9.73. The van der Waals surface area contributed by atoms with Crippen LogP contribution in [0.2, 0.25) is 0 Å². The molecule has 0 saturated heterocycles. The minimum Gasteiger partial charge on any atom is -0.310 e. The Labute approximate surface area is 375 Å². The Morgan fingerprint density at radius 2 is 0.848 bits per heavy atom. The highest BCUT2D eigenvalue weighted by Gasteiger charge is 2.39. The van der Waals surface area contributed by atoms with Gasteiger partial charge in [-0.2, -0.15) is 36.3 Å². The van der Waals surface area contributed by atoms with Gasteiger partial charge in [0, 0.05) is 27.6 Å². The van der Waals surface area contributed by atoms with Gasteiger partial charge in [-0.15, -0.1) is 0 Å². The summed E-state index contributed by atoms with van der Waals surface area (Å²) in [6, 6.07) is 54.0. The summed E-state index contributed by atoms with van der Waals surface area (Å²) in [7, 11) is 0. The van der Waals surface area contributed by atoms with Crippen molar-refractivity contribution in [1.82, 2.24) is 15.0 Å². The molecule has 0 fully saturated rings. The molecule has 0 amide bonds. The van der Waals surface area contributed by atoms with Crippen LogP contribution < -0.4 is 14.7 Å². The van der Waals surface area contributed by atoms with E-state index in [-0.39, 0.29) is 34.1 Å². The Kier molecular flexibility index (Phi) is 9.30. The Balaban J connectivity index is 1.17. The Morgan fingerprint density at radius 1 is 0.394 bits per heavy atom. The molecule has 9 aromatic rings. The van der Waals surface area contributed by atoms with Crippen LogP contribution in [0.25, 0.3) is 33.5 Å². The molecule has 0 aliphatic carbocycles. The zero-order valence-electron chi connectivity index (χ0n) is 35.3. The van der Waals surface area contributed by atoms with Crippen LogP contribution in [0.4, 0.5) is 77.8 Å². The van der Waals surface area contributed by atoms with E-state index >= 15 is 0 Å². The van der Waals surface area contributed by atoms with Crippen LogP contribution in [0.3, 0.4) is 0 Å². The molecule has 8 aromatic carbocycles. The molecule has 324 valence electrons. The summed E-state index contributed by atoms with van der Waals surface area (Å²) in [6.45, 7) is 4.47. The third-order valence-corrected chi connectivity index (χ3v) is 12.5. The average molecular weight is 883 g/mol. The highest BCUT2D eigenvalue weighted by molar-refractivity contribution is 6.07. The van der Waals surface area contributed by atoms with Gasteiger partial charge in [0.25, 0.3) is 0 Å². The first kappa shape index (κ1) is 40.8. The van der Waals surface area contributed by atoms with Gasteiger partial charge in [-0.05, 0) is 89.3 Å². The first-order chi connectivity index (χ1) is 31.8. The highest BCUT2D eigenvalue weighted by atomic mass is 19.4. The molecular formula is C54H36F6N6. The summed E-state index contributed by atoms with van der Waals surface area (Å²) in [6.07, 6.45) is -9.17. The smallest absolute Gasteiger partial charge is 0.310 e. The van der Waals surface area contributed by atoms with E-state index in [1.165, 1.54) is 24.3 Å². The van der Waals surface area contributed by atoms with Gasteiger partial charge in [0.2, 0.25) is 5.95 Å². The number of hydrogen-bond donors (Lipinski definition) is 0. The van der Waals surface area contributed by atoms with Crippen LogP contribution in [0.1, 0.15) is 36.1 Å². The van der Waals surface area contributed by atoms with Crippen molar-refractivity contribution < 1.29 is 26.3 Å². The Morgan fingerprint density at radius 3 is 1.41 bits per heavy atom. The molecular weight excluding hydrogens is 847 g/mol. The first-order valence-corrected chi connectivity index (χ1v) is 21.2. The van der Waals surface area contributed by atoms with E-state index in [0.29, 0.717) is 11.4 Å². The van der Waals surface area contributed by atoms with Crippen molar-refractivity contribution in [3.63, 3.8) is 0 Å². The maximum absolute atomic E-state index is 13.7. The molecule has 3 heterocycles. The second-order valence-corrected chi connectivity index (χ2v) is 16.8. The van der Waals surface area contributed by atoms with Crippen molar-refractivity contribution in [3.8, 4) is 22.8 Å². The lowest BCUT2D eigenvalue weighted by Gasteiger charge is -2.43. The minimum atomic E-state index is -4.58. The second kappa shape index (κ2) is 15.1. The number of halogens is 6. The van der Waals surface area contributed by atoms with E-state index in [1.807, 2.05) is 71.6 Å². The van der Waals surface area contributed by atoms with E-state index < -0.39 is 23.5 Å². The molecule has 0 spiro atoms. The zero-order valence-corrected chi connectivity index (χ0v) is 35.3. The van der Waals surface area contributed by atoms with Gasteiger partial charge in [-0.1, -0.05) is 123 Å². The SMILES string of the molecule is CC1(C)c2ccccc2N(c2ccc3c(c2)N(c2cccc4ccccc24)c2ccccc2N3c2nc(-c3ccc(C(F)(F)F)cc3)nc(-c3ccc(C(F)(F)F)cc3)n2)c2ccccc21. The number of anilines is 9. The summed E-state index contributed by atoms with van der Waals surface area (Å²) >= 11 is 0. The maximum atomic E-state index is 13.7. The van der Waals surface area contributed by atoms with E-state index in [1.54, 1.807) is 0 Å². The lowest BCUT2D eigenvalue weighted by Crippen LogP contribution is -2.31. The fraction of sp³-hybridized carbons (Fsp3) is 0.0926. The summed E-state index contributed by atoms with van der Waals surface area (Å²) in [4.78, 5) is 20.9. The normalized spacial score (nSPS) is 14.1. The van der Waals surface area contributed by atoms with Crippen molar-refractivity contribution in [2.75, 3.05) is 14.7 Å². The summed E-state index contributed by atoms with van der Waals surface area (Å²) < 4.78 is 82.5. The molecule has 2 aliphatic rings. The van der Waals surface area contributed by atoms with Crippen LogP contribution in [0.5, 0.6) is 0 Å². The minimum absolute atomic E-state index is 0.0277. The van der Waals surface area contributed by atoms with Crippen molar-refractivity contribution in [3.05, 3.63) is 204 Å². The molecule has 2 aliphatic heterocycles. The molecule has 12 heteroatoms. The number of hydrogen-bond acceptors (Lipinski definition) is 6. The largest absolute Gasteiger partial charge is 0.416 e. The average Bonchev–Trinajstić information content (AvgIpc) is 3.32. The predicted octanol–water partition coefficient (Wildman–Crippen LogP) is 15.8. The number of aromatic nitrogens is 3. The molecule has 66 heavy (non-hydrogen) atoms. The van der Waals surface area contributed by atoms with Gasteiger partial charge in [0.15, 0.2) is 11.6 Å². The number of rotatable bonds is 5. The molecule has 11 rings (SSSR count). The van der Waals surface area contributed by atoms with Gasteiger partial charge < -0.3 is 9.80 Å². The van der Waals surface area contributed by atoms with Crippen molar-refractivity contribution in [2.24, 2.45) is 0 Å². The second-order valence-electron chi connectivity index (χ2n) is 16.8. The third kappa shape index (κ3) is 6.70. The number of alkyl halides is 6. The van der Waals surface area contributed by atoms with E-state index in [2.05, 4.69) is 95.4 Å². The van der Waals surface area contributed by atoms with Crippen molar-refractivity contribution >= 4 is 62.2 Å². The van der Waals surface area contributed by atoms with Crippen molar-refractivity contribution in [2.45, 2.75) is 31.6 Å². The van der Waals surface area contributed by atoms with Gasteiger partial charge in [0.05, 0.1) is 50.9 Å². The number of fused-ring (bicyclic) bond motifs is 5. The molecule has 1 aromatic heterocycles. The molecule has 0 saturated carbocycles. The molecule has 6 nitrogen and oxygen atoms in total. The van der Waals surface area contributed by atoms with Crippen LogP contribution in [-0.2, 0) is 17.8 Å².